The molecule has 0 aliphatic heterocycles. The van der Waals surface area contributed by atoms with Gasteiger partial charge in [0.25, 0.3) is 0 Å². The maximum Gasteiger partial charge on any atom is 0.303 e. The van der Waals surface area contributed by atoms with Crippen LogP contribution in [-0.2, 0) is 21.4 Å². The smallest absolute Gasteiger partial charge is 0.303 e. The van der Waals surface area contributed by atoms with Crippen molar-refractivity contribution in [2.45, 2.75) is 38.7 Å². The van der Waals surface area contributed by atoms with Crippen LogP contribution in [0.1, 0.15) is 43.2 Å². The van der Waals surface area contributed by atoms with Gasteiger partial charge in [0, 0.05) is 19.5 Å². The first-order valence-corrected chi connectivity index (χ1v) is 10.2. The third-order valence-electron chi connectivity index (χ3n) is 3.77. The van der Waals surface area contributed by atoms with Gasteiger partial charge in [-0.1, -0.05) is 43.2 Å². The first kappa shape index (κ1) is 21.3. The van der Waals surface area contributed by atoms with Gasteiger partial charge in [0.2, 0.25) is 10.0 Å². The molecule has 0 atom stereocenters. The molecule has 6 nitrogen and oxygen atoms in total. The number of aliphatic hydroxyl groups excluding tert-OH is 1. The van der Waals surface area contributed by atoms with Crippen molar-refractivity contribution in [3.8, 4) is 0 Å². The SMILES string of the molecule is CS(=O)(=O)N(C/C=C/c1cccc(CO)c1)CCCCCCC(=O)O. The van der Waals surface area contributed by atoms with Gasteiger partial charge in [-0.05, 0) is 30.0 Å². The van der Waals surface area contributed by atoms with E-state index in [0.29, 0.717) is 19.4 Å². The van der Waals surface area contributed by atoms with Gasteiger partial charge >= 0.3 is 5.97 Å². The van der Waals surface area contributed by atoms with Crippen molar-refractivity contribution < 1.29 is 23.4 Å². The van der Waals surface area contributed by atoms with Gasteiger partial charge in [-0.25, -0.2) is 8.42 Å². The summed E-state index contributed by atoms with van der Waals surface area (Å²) >= 11 is 0. The third-order valence-corrected chi connectivity index (χ3v) is 5.04. The van der Waals surface area contributed by atoms with Crippen molar-refractivity contribution in [3.63, 3.8) is 0 Å². The normalized spacial score (nSPS) is 12.1. The minimum atomic E-state index is -3.29. The van der Waals surface area contributed by atoms with Crippen molar-refractivity contribution in [2.75, 3.05) is 19.3 Å². The Kier molecular flexibility index (Phi) is 9.41. The summed E-state index contributed by atoms with van der Waals surface area (Å²) in [5, 5.41) is 17.7. The van der Waals surface area contributed by atoms with Crippen LogP contribution >= 0.6 is 0 Å². The number of sulfonamides is 1. The topological polar surface area (TPSA) is 94.9 Å². The molecule has 7 heteroatoms. The van der Waals surface area contributed by atoms with Crippen molar-refractivity contribution in [2.24, 2.45) is 0 Å². The Hall–Kier alpha value is -1.70. The summed E-state index contributed by atoms with van der Waals surface area (Å²) in [4.78, 5) is 10.4. The Morgan fingerprint density at radius 2 is 1.92 bits per heavy atom. The van der Waals surface area contributed by atoms with Crippen LogP contribution in [0.3, 0.4) is 0 Å². The van der Waals surface area contributed by atoms with E-state index in [4.69, 9.17) is 10.2 Å². The number of carbonyl (C=O) groups is 1. The van der Waals surface area contributed by atoms with Crippen LogP contribution in [0, 0.1) is 0 Å². The molecule has 0 aromatic heterocycles. The zero-order chi connectivity index (χ0) is 18.7. The Morgan fingerprint density at radius 1 is 1.20 bits per heavy atom. The van der Waals surface area contributed by atoms with E-state index in [9.17, 15) is 13.2 Å². The van der Waals surface area contributed by atoms with Gasteiger partial charge in [-0.3, -0.25) is 4.79 Å². The second-order valence-corrected chi connectivity index (χ2v) is 7.97. The predicted octanol–water partition coefficient (Wildman–Crippen LogP) is 2.49. The first-order chi connectivity index (χ1) is 11.8. The van der Waals surface area contributed by atoms with Crippen molar-refractivity contribution >= 4 is 22.1 Å². The van der Waals surface area contributed by atoms with Gasteiger partial charge in [0.1, 0.15) is 0 Å². The van der Waals surface area contributed by atoms with Crippen LogP contribution in [0.5, 0.6) is 0 Å². The van der Waals surface area contributed by atoms with E-state index in [0.717, 1.165) is 24.0 Å². The van der Waals surface area contributed by atoms with Gasteiger partial charge in [0.15, 0.2) is 0 Å². The van der Waals surface area contributed by atoms with Crippen LogP contribution in [0.25, 0.3) is 6.08 Å². The Morgan fingerprint density at radius 3 is 2.56 bits per heavy atom. The monoisotopic (exact) mass is 369 g/mol. The molecule has 0 saturated heterocycles. The Balaban J connectivity index is 2.48. The number of carboxylic acids is 1. The molecule has 0 aliphatic carbocycles. The second-order valence-electron chi connectivity index (χ2n) is 5.98. The van der Waals surface area contributed by atoms with E-state index >= 15 is 0 Å². The average Bonchev–Trinajstić information content (AvgIpc) is 2.55. The molecule has 140 valence electrons. The summed E-state index contributed by atoms with van der Waals surface area (Å²) in [6, 6.07) is 7.41. The summed E-state index contributed by atoms with van der Waals surface area (Å²) in [5.41, 5.74) is 1.72. The highest BCUT2D eigenvalue weighted by atomic mass is 32.2. The standard InChI is InChI=1S/C18H27NO5S/c1-25(23,24)19(12-5-3-2-4-11-18(21)22)13-7-10-16-8-6-9-17(14-16)15-20/h6-10,14,20H,2-5,11-13,15H2,1H3,(H,21,22)/b10-7+. The van der Waals surface area contributed by atoms with E-state index in [1.54, 1.807) is 6.08 Å². The summed E-state index contributed by atoms with van der Waals surface area (Å²) < 4.78 is 25.1. The summed E-state index contributed by atoms with van der Waals surface area (Å²) in [6.45, 7) is 0.684. The fraction of sp³-hybridized carbons (Fsp3) is 0.500. The van der Waals surface area contributed by atoms with Gasteiger partial charge in [0.05, 0.1) is 12.9 Å². The number of nitrogens with zero attached hydrogens (tertiary/aromatic N) is 1. The number of rotatable bonds is 12. The number of hydrogen-bond donors (Lipinski definition) is 2. The van der Waals surface area contributed by atoms with Gasteiger partial charge in [-0.2, -0.15) is 4.31 Å². The third kappa shape index (κ3) is 9.38. The highest BCUT2D eigenvalue weighted by Gasteiger charge is 2.14. The molecule has 0 radical (unpaired) electrons. The average molecular weight is 369 g/mol. The number of unbranched alkanes of at least 4 members (excludes halogenated alkanes) is 3. The van der Waals surface area contributed by atoms with E-state index in [-0.39, 0.29) is 19.6 Å². The van der Waals surface area contributed by atoms with Crippen molar-refractivity contribution in [3.05, 3.63) is 41.5 Å². The first-order valence-electron chi connectivity index (χ1n) is 8.36. The number of carboxylic acid groups (broad SMARTS) is 1. The van der Waals surface area contributed by atoms with Crippen LogP contribution in [0.4, 0.5) is 0 Å². The predicted molar refractivity (Wildman–Crippen MR) is 98.5 cm³/mol. The molecule has 1 aromatic rings. The summed E-state index contributed by atoms with van der Waals surface area (Å²) in [6.07, 6.45) is 7.90. The lowest BCUT2D eigenvalue weighted by atomic mass is 10.1. The highest BCUT2D eigenvalue weighted by Crippen LogP contribution is 2.09. The molecule has 0 fully saturated rings. The molecule has 0 saturated carbocycles. The zero-order valence-electron chi connectivity index (χ0n) is 14.6. The molecule has 0 unspecified atom stereocenters. The van der Waals surface area contributed by atoms with Crippen LogP contribution in [0.15, 0.2) is 30.3 Å². The maximum atomic E-state index is 11.9. The minimum Gasteiger partial charge on any atom is -0.481 e. The molecule has 1 rings (SSSR count). The largest absolute Gasteiger partial charge is 0.481 e. The van der Waals surface area contributed by atoms with Crippen LogP contribution in [0.2, 0.25) is 0 Å². The molecule has 0 amide bonds. The lowest BCUT2D eigenvalue weighted by molar-refractivity contribution is -0.137. The molecule has 0 aliphatic rings. The lowest BCUT2D eigenvalue weighted by Crippen LogP contribution is -2.31. The Bertz CT molecular complexity index is 670. The van der Waals surface area contributed by atoms with E-state index < -0.39 is 16.0 Å². The second kappa shape index (κ2) is 11.0. The molecule has 2 N–H and O–H groups in total. The van der Waals surface area contributed by atoms with Gasteiger partial charge < -0.3 is 10.2 Å². The molecule has 1 aromatic carbocycles. The summed E-state index contributed by atoms with van der Waals surface area (Å²) in [5.74, 6) is -0.798. The van der Waals surface area contributed by atoms with Crippen molar-refractivity contribution in [1.29, 1.82) is 0 Å². The number of benzene rings is 1. The molecule has 0 bridgehead atoms. The maximum absolute atomic E-state index is 11.9. The van der Waals surface area contributed by atoms with Crippen LogP contribution < -0.4 is 0 Å². The Labute approximate surface area is 149 Å². The van der Waals surface area contributed by atoms with Crippen molar-refractivity contribution in [1.82, 2.24) is 4.31 Å². The van der Waals surface area contributed by atoms with E-state index in [1.165, 1.54) is 10.6 Å². The fourth-order valence-electron chi connectivity index (χ4n) is 2.41. The number of aliphatic hydroxyl groups is 1. The summed E-state index contributed by atoms with van der Waals surface area (Å²) in [7, 11) is -3.29. The van der Waals surface area contributed by atoms with Crippen LogP contribution in [-0.4, -0.2) is 48.3 Å². The molecule has 0 spiro atoms. The van der Waals surface area contributed by atoms with E-state index in [1.807, 2.05) is 30.3 Å². The van der Waals surface area contributed by atoms with E-state index in [2.05, 4.69) is 0 Å². The number of aliphatic carboxylic acids is 1. The minimum absolute atomic E-state index is 0.0287. The quantitative estimate of drug-likeness (QED) is 0.552. The molecule has 0 heterocycles. The molecular formula is C18H27NO5S. The van der Waals surface area contributed by atoms with Gasteiger partial charge in [-0.15, -0.1) is 0 Å². The lowest BCUT2D eigenvalue weighted by Gasteiger charge is -2.18. The molecular weight excluding hydrogens is 342 g/mol. The molecule has 25 heavy (non-hydrogen) atoms. The fourth-order valence-corrected chi connectivity index (χ4v) is 3.23. The zero-order valence-corrected chi connectivity index (χ0v) is 15.4. The highest BCUT2D eigenvalue weighted by molar-refractivity contribution is 7.88. The number of hydrogen-bond acceptors (Lipinski definition) is 4.